The number of hydrogen-bond donors (Lipinski definition) is 0. The van der Waals surface area contributed by atoms with Crippen LogP contribution in [0.2, 0.25) is 0 Å². The summed E-state index contributed by atoms with van der Waals surface area (Å²) in [5, 5.41) is 0. The number of nitrogens with zero attached hydrogens (tertiary/aromatic N) is 1. The van der Waals surface area contributed by atoms with Crippen LogP contribution in [-0.4, -0.2) is 16.7 Å². The standard InChI is InChI=1S/C27H25NO2/c1-3-20-14-8-10-16-22(20)24-25(23-17-11-9-15-21(23)4-2)27(30)28(26(24)29)18-19-12-6-5-7-13-19/h5-17H,3-4,18H2,1-2H3. The SMILES string of the molecule is CCc1ccccc1C1=C(c2ccccc2CC)C(=O)N(Cc2ccccc2)C1=O. The molecule has 0 saturated heterocycles. The lowest BCUT2D eigenvalue weighted by Crippen LogP contribution is -2.31. The van der Waals surface area contributed by atoms with Gasteiger partial charge in [0.15, 0.2) is 0 Å². The van der Waals surface area contributed by atoms with Gasteiger partial charge < -0.3 is 0 Å². The average Bonchev–Trinajstić information content (AvgIpc) is 3.04. The van der Waals surface area contributed by atoms with E-state index in [1.54, 1.807) is 0 Å². The van der Waals surface area contributed by atoms with Crippen molar-refractivity contribution in [3.63, 3.8) is 0 Å². The molecule has 0 aliphatic carbocycles. The first-order valence-electron chi connectivity index (χ1n) is 10.5. The first-order chi connectivity index (χ1) is 14.7. The highest BCUT2D eigenvalue weighted by molar-refractivity contribution is 6.49. The van der Waals surface area contributed by atoms with Gasteiger partial charge in [0.1, 0.15) is 0 Å². The van der Waals surface area contributed by atoms with Gasteiger partial charge in [-0.3, -0.25) is 14.5 Å². The van der Waals surface area contributed by atoms with Crippen LogP contribution in [0.5, 0.6) is 0 Å². The highest BCUT2D eigenvalue weighted by Gasteiger charge is 2.40. The third-order valence-electron chi connectivity index (χ3n) is 5.69. The van der Waals surface area contributed by atoms with Crippen LogP contribution < -0.4 is 0 Å². The molecule has 3 nitrogen and oxygen atoms in total. The Labute approximate surface area is 177 Å². The van der Waals surface area contributed by atoms with Crippen molar-refractivity contribution in [3.05, 3.63) is 107 Å². The molecule has 2 amide bonds. The van der Waals surface area contributed by atoms with E-state index in [2.05, 4.69) is 13.8 Å². The third-order valence-corrected chi connectivity index (χ3v) is 5.69. The molecular formula is C27H25NO2. The van der Waals surface area contributed by atoms with E-state index in [1.165, 1.54) is 4.90 Å². The predicted molar refractivity (Wildman–Crippen MR) is 120 cm³/mol. The molecule has 0 atom stereocenters. The number of imide groups is 1. The zero-order valence-electron chi connectivity index (χ0n) is 17.4. The lowest BCUT2D eigenvalue weighted by atomic mass is 9.90. The van der Waals surface area contributed by atoms with Crippen molar-refractivity contribution >= 4 is 23.0 Å². The summed E-state index contributed by atoms with van der Waals surface area (Å²) in [5.74, 6) is -0.434. The molecular weight excluding hydrogens is 370 g/mol. The first-order valence-corrected chi connectivity index (χ1v) is 10.5. The van der Waals surface area contributed by atoms with Crippen LogP contribution in [0.25, 0.3) is 11.1 Å². The maximum atomic E-state index is 13.6. The lowest BCUT2D eigenvalue weighted by molar-refractivity contribution is -0.136. The highest BCUT2D eigenvalue weighted by atomic mass is 16.2. The maximum Gasteiger partial charge on any atom is 0.262 e. The summed E-state index contributed by atoms with van der Waals surface area (Å²) in [4.78, 5) is 28.6. The van der Waals surface area contributed by atoms with Crippen molar-refractivity contribution in [2.75, 3.05) is 0 Å². The highest BCUT2D eigenvalue weighted by Crippen LogP contribution is 2.39. The first kappa shape index (κ1) is 19.8. The molecule has 30 heavy (non-hydrogen) atoms. The van der Waals surface area contributed by atoms with Gasteiger partial charge in [0.05, 0.1) is 17.7 Å². The number of carbonyl (C=O) groups excluding carboxylic acids is 2. The number of rotatable bonds is 6. The molecule has 0 fully saturated rings. The van der Waals surface area contributed by atoms with Gasteiger partial charge in [0.2, 0.25) is 0 Å². The summed E-state index contributed by atoms with van der Waals surface area (Å²) in [6.45, 7) is 4.41. The Hall–Kier alpha value is -3.46. The fourth-order valence-electron chi connectivity index (χ4n) is 4.13. The Balaban J connectivity index is 1.91. The number of hydrogen-bond acceptors (Lipinski definition) is 2. The molecule has 1 aliphatic heterocycles. The van der Waals surface area contributed by atoms with Crippen molar-refractivity contribution in [1.82, 2.24) is 4.90 Å². The van der Waals surface area contributed by atoms with Crippen molar-refractivity contribution in [2.45, 2.75) is 33.2 Å². The molecule has 0 unspecified atom stereocenters. The van der Waals surface area contributed by atoms with Crippen LogP contribution in [0.4, 0.5) is 0 Å². The summed E-state index contributed by atoms with van der Waals surface area (Å²) in [6.07, 6.45) is 1.59. The minimum Gasteiger partial charge on any atom is -0.270 e. The quantitative estimate of drug-likeness (QED) is 0.532. The fraction of sp³-hybridized carbons (Fsp3) is 0.185. The topological polar surface area (TPSA) is 37.4 Å². The van der Waals surface area contributed by atoms with E-state index in [4.69, 9.17) is 0 Å². The van der Waals surface area contributed by atoms with Crippen molar-refractivity contribution < 1.29 is 9.59 Å². The Morgan fingerprint density at radius 1 is 0.600 bits per heavy atom. The molecule has 3 aromatic rings. The molecule has 0 N–H and O–H groups in total. The van der Waals surface area contributed by atoms with Gasteiger partial charge in [-0.15, -0.1) is 0 Å². The average molecular weight is 396 g/mol. The van der Waals surface area contributed by atoms with Crippen LogP contribution in [0.1, 0.15) is 41.7 Å². The predicted octanol–water partition coefficient (Wildman–Crippen LogP) is 5.29. The molecule has 3 heteroatoms. The second kappa shape index (κ2) is 8.50. The molecule has 3 aromatic carbocycles. The van der Waals surface area contributed by atoms with Crippen molar-refractivity contribution in [2.24, 2.45) is 0 Å². The van der Waals surface area contributed by atoms with Gasteiger partial charge in [-0.2, -0.15) is 0 Å². The number of aryl methyl sites for hydroxylation is 2. The summed E-state index contributed by atoms with van der Waals surface area (Å²) < 4.78 is 0. The molecule has 1 aliphatic rings. The normalized spacial score (nSPS) is 14.0. The summed E-state index contributed by atoms with van der Waals surface area (Å²) >= 11 is 0. The van der Waals surface area contributed by atoms with E-state index in [-0.39, 0.29) is 18.4 Å². The zero-order valence-corrected chi connectivity index (χ0v) is 17.4. The van der Waals surface area contributed by atoms with Gasteiger partial charge in [-0.1, -0.05) is 92.7 Å². The molecule has 1 heterocycles. The molecule has 0 saturated carbocycles. The molecule has 0 radical (unpaired) electrons. The molecule has 0 bridgehead atoms. The van der Waals surface area contributed by atoms with Crippen LogP contribution in [0.15, 0.2) is 78.9 Å². The van der Waals surface area contributed by atoms with Crippen LogP contribution in [-0.2, 0) is 29.0 Å². The summed E-state index contributed by atoms with van der Waals surface area (Å²) in [5.41, 5.74) is 5.84. The monoisotopic (exact) mass is 395 g/mol. The Bertz CT molecular complexity index is 1060. The Kier molecular flexibility index (Phi) is 5.62. The molecule has 0 aromatic heterocycles. The van der Waals surface area contributed by atoms with Crippen molar-refractivity contribution in [1.29, 1.82) is 0 Å². The van der Waals surface area contributed by atoms with Crippen LogP contribution in [0.3, 0.4) is 0 Å². The van der Waals surface area contributed by atoms with Crippen LogP contribution >= 0.6 is 0 Å². The molecule has 0 spiro atoms. The minimum atomic E-state index is -0.217. The van der Waals surface area contributed by atoms with E-state index in [1.807, 2.05) is 78.9 Å². The van der Waals surface area contributed by atoms with E-state index in [9.17, 15) is 9.59 Å². The number of benzene rings is 3. The van der Waals surface area contributed by atoms with Gasteiger partial charge in [-0.05, 0) is 40.7 Å². The summed E-state index contributed by atoms with van der Waals surface area (Å²) in [7, 11) is 0. The number of carbonyl (C=O) groups is 2. The molecule has 150 valence electrons. The van der Waals surface area contributed by atoms with E-state index in [0.29, 0.717) is 11.1 Å². The number of amides is 2. The third kappa shape index (κ3) is 3.48. The van der Waals surface area contributed by atoms with Gasteiger partial charge in [0, 0.05) is 0 Å². The van der Waals surface area contributed by atoms with E-state index in [0.717, 1.165) is 40.7 Å². The van der Waals surface area contributed by atoms with E-state index < -0.39 is 0 Å². The minimum absolute atomic E-state index is 0.217. The molecule has 4 rings (SSSR count). The smallest absolute Gasteiger partial charge is 0.262 e. The van der Waals surface area contributed by atoms with Crippen LogP contribution in [0, 0.1) is 0 Å². The Morgan fingerprint density at radius 2 is 1.03 bits per heavy atom. The fourth-order valence-corrected chi connectivity index (χ4v) is 4.13. The lowest BCUT2D eigenvalue weighted by Gasteiger charge is -2.16. The maximum absolute atomic E-state index is 13.6. The van der Waals surface area contributed by atoms with E-state index >= 15 is 0 Å². The Morgan fingerprint density at radius 3 is 1.50 bits per heavy atom. The second-order valence-corrected chi connectivity index (χ2v) is 7.45. The zero-order chi connectivity index (χ0) is 21.1. The van der Waals surface area contributed by atoms with Gasteiger partial charge >= 0.3 is 0 Å². The van der Waals surface area contributed by atoms with Gasteiger partial charge in [-0.25, -0.2) is 0 Å². The van der Waals surface area contributed by atoms with Crippen molar-refractivity contribution in [3.8, 4) is 0 Å². The summed E-state index contributed by atoms with van der Waals surface area (Å²) in [6, 6.07) is 25.5. The second-order valence-electron chi connectivity index (χ2n) is 7.45. The van der Waals surface area contributed by atoms with Gasteiger partial charge in [0.25, 0.3) is 11.8 Å². The largest absolute Gasteiger partial charge is 0.270 e.